The van der Waals surface area contributed by atoms with Gasteiger partial charge in [0, 0.05) is 6.42 Å². The third kappa shape index (κ3) is 1.92. The van der Waals surface area contributed by atoms with Crippen LogP contribution in [-0.4, -0.2) is 17.0 Å². The molecule has 0 saturated heterocycles. The van der Waals surface area contributed by atoms with Gasteiger partial charge in [0.25, 0.3) is 0 Å². The Morgan fingerprint density at radius 2 is 2.09 bits per heavy atom. The number of carbonyl (C=O) groups is 1. The number of carbonyl (C=O) groups excluding carboxylic acids is 1. The molecule has 3 saturated carbocycles. The number of fused-ring (bicyclic) bond motifs is 5. The summed E-state index contributed by atoms with van der Waals surface area (Å²) >= 11 is 0. The smallest absolute Gasteiger partial charge is 0.155 e. The number of hydrogen-bond acceptors (Lipinski definition) is 2. The second kappa shape index (κ2) is 5.19. The van der Waals surface area contributed by atoms with E-state index in [1.807, 2.05) is 6.08 Å². The molecule has 4 aliphatic rings. The molecule has 4 aliphatic carbocycles. The molecule has 0 aromatic carbocycles. The molecule has 122 valence electrons. The molecule has 0 heterocycles. The summed E-state index contributed by atoms with van der Waals surface area (Å²) in [5.74, 6) is 3.98. The summed E-state index contributed by atoms with van der Waals surface area (Å²) < 4.78 is 0. The third-order valence-electron chi connectivity index (χ3n) is 7.97. The van der Waals surface area contributed by atoms with Crippen molar-refractivity contribution in [1.29, 1.82) is 0 Å². The summed E-state index contributed by atoms with van der Waals surface area (Å²) in [6, 6.07) is 0. The van der Waals surface area contributed by atoms with Crippen LogP contribution in [0.3, 0.4) is 0 Å². The minimum Gasteiger partial charge on any atom is -0.393 e. The highest BCUT2D eigenvalue weighted by Crippen LogP contribution is 2.64. The van der Waals surface area contributed by atoms with Crippen molar-refractivity contribution in [3.8, 4) is 0 Å². The fraction of sp³-hybridized carbons (Fsp3) is 0.850. The van der Waals surface area contributed by atoms with E-state index in [0.717, 1.165) is 49.9 Å². The van der Waals surface area contributed by atoms with Crippen molar-refractivity contribution in [2.45, 2.75) is 71.3 Å². The summed E-state index contributed by atoms with van der Waals surface area (Å²) in [4.78, 5) is 11.8. The minimum atomic E-state index is -0.0690. The molecular formula is C20H30O2. The number of ketones is 1. The summed E-state index contributed by atoms with van der Waals surface area (Å²) in [6.07, 6.45) is 10.8. The van der Waals surface area contributed by atoms with Gasteiger partial charge in [0.05, 0.1) is 6.10 Å². The van der Waals surface area contributed by atoms with E-state index in [2.05, 4.69) is 13.8 Å². The van der Waals surface area contributed by atoms with Crippen LogP contribution in [0, 0.1) is 35.0 Å². The van der Waals surface area contributed by atoms with Gasteiger partial charge in [-0.1, -0.05) is 19.4 Å². The molecule has 0 radical (unpaired) electrons. The van der Waals surface area contributed by atoms with Crippen molar-refractivity contribution in [3.05, 3.63) is 11.6 Å². The van der Waals surface area contributed by atoms with Gasteiger partial charge in [-0.05, 0) is 86.0 Å². The average molecular weight is 302 g/mol. The van der Waals surface area contributed by atoms with Crippen molar-refractivity contribution in [1.82, 2.24) is 0 Å². The van der Waals surface area contributed by atoms with Gasteiger partial charge in [0.15, 0.2) is 5.78 Å². The van der Waals surface area contributed by atoms with E-state index < -0.39 is 0 Å². The van der Waals surface area contributed by atoms with Gasteiger partial charge in [0.2, 0.25) is 0 Å². The maximum absolute atomic E-state index is 11.8. The maximum atomic E-state index is 11.8. The van der Waals surface area contributed by atoms with Crippen LogP contribution in [0.4, 0.5) is 0 Å². The van der Waals surface area contributed by atoms with E-state index in [0.29, 0.717) is 17.6 Å². The molecule has 0 aliphatic heterocycles. The fourth-order valence-corrected chi connectivity index (χ4v) is 7.05. The normalized spacial score (nSPS) is 50.9. The topological polar surface area (TPSA) is 37.3 Å². The van der Waals surface area contributed by atoms with E-state index in [1.54, 1.807) is 0 Å². The predicted molar refractivity (Wildman–Crippen MR) is 87.3 cm³/mol. The lowest BCUT2D eigenvalue weighted by atomic mass is 9.49. The Morgan fingerprint density at radius 1 is 1.27 bits per heavy atom. The molecule has 2 nitrogen and oxygen atoms in total. The molecule has 1 unspecified atom stereocenters. The van der Waals surface area contributed by atoms with Gasteiger partial charge in [-0.3, -0.25) is 4.79 Å². The molecule has 22 heavy (non-hydrogen) atoms. The molecule has 0 aromatic rings. The van der Waals surface area contributed by atoms with Crippen LogP contribution >= 0.6 is 0 Å². The molecule has 0 amide bonds. The second-order valence-electron chi connectivity index (χ2n) is 8.58. The van der Waals surface area contributed by atoms with Gasteiger partial charge in [-0.2, -0.15) is 0 Å². The summed E-state index contributed by atoms with van der Waals surface area (Å²) in [5.41, 5.74) is 1.67. The Labute approximate surface area is 134 Å². The molecule has 3 fully saturated rings. The van der Waals surface area contributed by atoms with Crippen molar-refractivity contribution >= 4 is 5.78 Å². The van der Waals surface area contributed by atoms with E-state index in [-0.39, 0.29) is 11.5 Å². The third-order valence-corrected chi connectivity index (χ3v) is 7.97. The van der Waals surface area contributed by atoms with Crippen LogP contribution in [0.1, 0.15) is 65.2 Å². The number of hydrogen-bond donors (Lipinski definition) is 1. The summed E-state index contributed by atoms with van der Waals surface area (Å²) in [7, 11) is 0. The second-order valence-corrected chi connectivity index (χ2v) is 8.58. The summed E-state index contributed by atoms with van der Waals surface area (Å²) in [5, 5.41) is 10.7. The van der Waals surface area contributed by atoms with Crippen LogP contribution in [-0.2, 0) is 4.79 Å². The minimum absolute atomic E-state index is 0.0690. The average Bonchev–Trinajstić information content (AvgIpc) is 2.84. The zero-order chi connectivity index (χ0) is 15.5. The number of rotatable bonds is 1. The summed E-state index contributed by atoms with van der Waals surface area (Å²) in [6.45, 7) is 4.70. The number of aliphatic hydroxyl groups excluding tert-OH is 1. The van der Waals surface area contributed by atoms with Crippen LogP contribution in [0.2, 0.25) is 0 Å². The highest BCUT2D eigenvalue weighted by Gasteiger charge is 2.58. The first-order valence-electron chi connectivity index (χ1n) is 9.48. The quantitative estimate of drug-likeness (QED) is 0.791. The monoisotopic (exact) mass is 302 g/mol. The predicted octanol–water partition coefficient (Wildman–Crippen LogP) is 4.13. The van der Waals surface area contributed by atoms with E-state index in [9.17, 15) is 9.90 Å². The van der Waals surface area contributed by atoms with Gasteiger partial charge in [-0.25, -0.2) is 0 Å². The molecule has 1 N–H and O–H groups in total. The standard InChI is InChI=1S/C20H30O2/c1-3-20-9-8-16-15-5-4-14(21)11-13(15)10-12(2)19(16)17(20)6-7-18(20)22/h11-12,15-19,22H,3-10H2,1-2H3/t12?,15-,16+,17-,18-,19+,20-/m0/s1. The van der Waals surface area contributed by atoms with Crippen LogP contribution < -0.4 is 0 Å². The molecule has 0 aromatic heterocycles. The van der Waals surface area contributed by atoms with Crippen molar-refractivity contribution in [3.63, 3.8) is 0 Å². The van der Waals surface area contributed by atoms with Gasteiger partial charge in [-0.15, -0.1) is 0 Å². The van der Waals surface area contributed by atoms with Crippen molar-refractivity contribution in [2.75, 3.05) is 0 Å². The molecular weight excluding hydrogens is 272 g/mol. The first kappa shape index (κ1) is 14.9. The first-order chi connectivity index (χ1) is 10.6. The maximum Gasteiger partial charge on any atom is 0.155 e. The number of aliphatic hydroxyl groups is 1. The van der Waals surface area contributed by atoms with E-state index in [1.165, 1.54) is 24.8 Å². The van der Waals surface area contributed by atoms with Gasteiger partial charge in [0.1, 0.15) is 0 Å². The highest BCUT2D eigenvalue weighted by molar-refractivity contribution is 5.91. The zero-order valence-corrected chi connectivity index (χ0v) is 14.1. The molecule has 4 rings (SSSR count). The van der Waals surface area contributed by atoms with Crippen LogP contribution in [0.25, 0.3) is 0 Å². The van der Waals surface area contributed by atoms with Crippen LogP contribution in [0.5, 0.6) is 0 Å². The Kier molecular flexibility index (Phi) is 3.52. The lowest BCUT2D eigenvalue weighted by Gasteiger charge is -2.56. The van der Waals surface area contributed by atoms with Gasteiger partial charge >= 0.3 is 0 Å². The highest BCUT2D eigenvalue weighted by atomic mass is 16.3. The SMILES string of the molecule is CC[C@]12CC[C@H]3[C@@H](C(C)CC4=CC(=O)CC[C@@H]43)[C@@H]1CC[C@@H]2O. The molecule has 0 bridgehead atoms. The zero-order valence-electron chi connectivity index (χ0n) is 14.1. The molecule has 0 spiro atoms. The largest absolute Gasteiger partial charge is 0.393 e. The fourth-order valence-electron chi connectivity index (χ4n) is 7.05. The Morgan fingerprint density at radius 3 is 2.86 bits per heavy atom. The van der Waals surface area contributed by atoms with E-state index in [4.69, 9.17) is 0 Å². The van der Waals surface area contributed by atoms with Crippen molar-refractivity contribution in [2.24, 2.45) is 35.0 Å². The van der Waals surface area contributed by atoms with Gasteiger partial charge < -0.3 is 5.11 Å². The van der Waals surface area contributed by atoms with Crippen LogP contribution in [0.15, 0.2) is 11.6 Å². The Hall–Kier alpha value is -0.630. The lowest BCUT2D eigenvalue weighted by Crippen LogP contribution is -2.51. The first-order valence-corrected chi connectivity index (χ1v) is 9.48. The Balaban J connectivity index is 1.68. The molecule has 7 atom stereocenters. The van der Waals surface area contributed by atoms with Crippen molar-refractivity contribution < 1.29 is 9.90 Å². The van der Waals surface area contributed by atoms with E-state index >= 15 is 0 Å². The lowest BCUT2D eigenvalue weighted by molar-refractivity contribution is -0.116. The Bertz CT molecular complexity index is 508. The number of allylic oxidation sites excluding steroid dienone is 1. The molecule has 2 heteroatoms.